The number of rotatable bonds is 4. The van der Waals surface area contributed by atoms with Crippen molar-refractivity contribution in [2.75, 3.05) is 19.0 Å². The lowest BCUT2D eigenvalue weighted by molar-refractivity contribution is -0.0542. The standard InChI is InChI=1S/C23H22N2O2/c1-24(2)19-14-12-18(13-15-19)23(27)21-11-7-6-10-20(21)22(26)25(23)16-17-8-4-3-5-9-17/h3-15,27H,16H2,1-2H3. The number of nitrogens with zero attached hydrogens (tertiary/aromatic N) is 2. The van der Waals surface area contributed by atoms with Gasteiger partial charge in [-0.2, -0.15) is 0 Å². The van der Waals surface area contributed by atoms with Gasteiger partial charge in [0.1, 0.15) is 0 Å². The zero-order valence-corrected chi connectivity index (χ0v) is 15.5. The first-order valence-corrected chi connectivity index (χ1v) is 8.97. The van der Waals surface area contributed by atoms with Crippen LogP contribution in [0.2, 0.25) is 0 Å². The molecule has 1 atom stereocenters. The summed E-state index contributed by atoms with van der Waals surface area (Å²) >= 11 is 0. The fraction of sp³-hybridized carbons (Fsp3) is 0.174. The van der Waals surface area contributed by atoms with E-state index in [9.17, 15) is 9.90 Å². The number of amides is 1. The van der Waals surface area contributed by atoms with Crippen LogP contribution >= 0.6 is 0 Å². The van der Waals surface area contributed by atoms with Crippen LogP contribution in [0.5, 0.6) is 0 Å². The molecule has 4 heteroatoms. The summed E-state index contributed by atoms with van der Waals surface area (Å²) in [6.07, 6.45) is 0. The Labute approximate surface area is 159 Å². The summed E-state index contributed by atoms with van der Waals surface area (Å²) < 4.78 is 0. The van der Waals surface area contributed by atoms with E-state index in [1.54, 1.807) is 11.0 Å². The van der Waals surface area contributed by atoms with Crippen LogP contribution in [0, 0.1) is 0 Å². The highest BCUT2D eigenvalue weighted by atomic mass is 16.3. The molecule has 0 bridgehead atoms. The van der Waals surface area contributed by atoms with E-state index < -0.39 is 5.72 Å². The van der Waals surface area contributed by atoms with Gasteiger partial charge in [-0.1, -0.05) is 60.7 Å². The average molecular weight is 358 g/mol. The van der Waals surface area contributed by atoms with Crippen molar-refractivity contribution in [1.82, 2.24) is 4.90 Å². The third-order valence-corrected chi connectivity index (χ3v) is 5.14. The minimum Gasteiger partial charge on any atom is -0.378 e. The molecule has 0 radical (unpaired) electrons. The minimum atomic E-state index is -1.49. The Morgan fingerprint density at radius 2 is 1.52 bits per heavy atom. The Morgan fingerprint density at radius 3 is 2.19 bits per heavy atom. The quantitative estimate of drug-likeness (QED) is 0.775. The zero-order chi connectivity index (χ0) is 19.0. The van der Waals surface area contributed by atoms with Crippen LogP contribution in [0.15, 0.2) is 78.9 Å². The van der Waals surface area contributed by atoms with Gasteiger partial charge in [0.2, 0.25) is 0 Å². The second-order valence-electron chi connectivity index (χ2n) is 7.04. The number of hydrogen-bond acceptors (Lipinski definition) is 3. The predicted octanol–water partition coefficient (Wildman–Crippen LogP) is 3.60. The first-order valence-electron chi connectivity index (χ1n) is 8.97. The van der Waals surface area contributed by atoms with Crippen molar-refractivity contribution in [2.24, 2.45) is 0 Å². The Morgan fingerprint density at radius 1 is 0.889 bits per heavy atom. The van der Waals surface area contributed by atoms with E-state index in [0.29, 0.717) is 23.2 Å². The molecule has 0 aromatic heterocycles. The minimum absolute atomic E-state index is 0.159. The highest BCUT2D eigenvalue weighted by Crippen LogP contribution is 2.43. The molecule has 1 amide bonds. The van der Waals surface area contributed by atoms with Crippen molar-refractivity contribution >= 4 is 11.6 Å². The fourth-order valence-corrected chi connectivity index (χ4v) is 3.67. The first-order chi connectivity index (χ1) is 13.0. The van der Waals surface area contributed by atoms with Crippen molar-refractivity contribution in [3.8, 4) is 0 Å². The van der Waals surface area contributed by atoms with Crippen molar-refractivity contribution in [2.45, 2.75) is 12.3 Å². The molecule has 0 saturated carbocycles. The summed E-state index contributed by atoms with van der Waals surface area (Å²) in [6, 6.07) is 24.7. The van der Waals surface area contributed by atoms with E-state index in [4.69, 9.17) is 0 Å². The van der Waals surface area contributed by atoms with Crippen LogP contribution in [-0.4, -0.2) is 30.0 Å². The number of hydrogen-bond donors (Lipinski definition) is 1. The molecule has 0 saturated heterocycles. The van der Waals surface area contributed by atoms with E-state index in [0.717, 1.165) is 11.3 Å². The highest BCUT2D eigenvalue weighted by Gasteiger charge is 2.49. The van der Waals surface area contributed by atoms with Gasteiger partial charge < -0.3 is 10.0 Å². The molecule has 136 valence electrons. The van der Waals surface area contributed by atoms with Crippen LogP contribution in [0.1, 0.15) is 27.0 Å². The van der Waals surface area contributed by atoms with E-state index in [1.807, 2.05) is 91.8 Å². The number of carbonyl (C=O) groups is 1. The largest absolute Gasteiger partial charge is 0.378 e. The number of anilines is 1. The third kappa shape index (κ3) is 2.78. The van der Waals surface area contributed by atoms with E-state index in [2.05, 4.69) is 0 Å². The molecule has 0 fully saturated rings. The number of fused-ring (bicyclic) bond motifs is 1. The molecule has 1 heterocycles. The monoisotopic (exact) mass is 358 g/mol. The molecule has 1 N–H and O–H groups in total. The number of aliphatic hydroxyl groups is 1. The van der Waals surface area contributed by atoms with Crippen LogP contribution in [0.3, 0.4) is 0 Å². The van der Waals surface area contributed by atoms with Crippen molar-refractivity contribution in [1.29, 1.82) is 0 Å². The first kappa shape index (κ1) is 17.3. The van der Waals surface area contributed by atoms with E-state index in [-0.39, 0.29) is 5.91 Å². The molecule has 1 aliphatic rings. The van der Waals surface area contributed by atoms with E-state index >= 15 is 0 Å². The summed E-state index contributed by atoms with van der Waals surface area (Å²) in [5, 5.41) is 11.8. The molecular formula is C23H22N2O2. The van der Waals surface area contributed by atoms with Gasteiger partial charge in [-0.15, -0.1) is 0 Å². The molecule has 0 spiro atoms. The van der Waals surface area contributed by atoms with Crippen molar-refractivity contribution < 1.29 is 9.90 Å². The molecule has 3 aromatic rings. The summed E-state index contributed by atoms with van der Waals surface area (Å²) in [6.45, 7) is 0.334. The molecule has 3 aromatic carbocycles. The SMILES string of the molecule is CN(C)c1ccc(C2(O)c3ccccc3C(=O)N2Cc2ccccc2)cc1. The van der Waals surface area contributed by atoms with Gasteiger partial charge in [0.25, 0.3) is 5.91 Å². The lowest BCUT2D eigenvalue weighted by Crippen LogP contribution is -2.44. The van der Waals surface area contributed by atoms with Crippen LogP contribution in [-0.2, 0) is 12.3 Å². The summed E-state index contributed by atoms with van der Waals surface area (Å²) in [5.41, 5.74) is 2.38. The maximum Gasteiger partial charge on any atom is 0.257 e. The lowest BCUT2D eigenvalue weighted by atomic mass is 9.93. The Kier molecular flexibility index (Phi) is 4.21. The van der Waals surface area contributed by atoms with Gasteiger partial charge in [0.15, 0.2) is 5.72 Å². The molecule has 4 rings (SSSR count). The van der Waals surface area contributed by atoms with Gasteiger partial charge in [-0.25, -0.2) is 0 Å². The smallest absolute Gasteiger partial charge is 0.257 e. The predicted molar refractivity (Wildman–Crippen MR) is 107 cm³/mol. The highest BCUT2D eigenvalue weighted by molar-refractivity contribution is 6.00. The molecule has 4 nitrogen and oxygen atoms in total. The number of benzene rings is 3. The molecular weight excluding hydrogens is 336 g/mol. The topological polar surface area (TPSA) is 43.8 Å². The van der Waals surface area contributed by atoms with Crippen LogP contribution < -0.4 is 4.90 Å². The molecule has 1 aliphatic heterocycles. The second-order valence-corrected chi connectivity index (χ2v) is 7.04. The Balaban J connectivity index is 1.83. The third-order valence-electron chi connectivity index (χ3n) is 5.14. The maximum absolute atomic E-state index is 13.1. The fourth-order valence-electron chi connectivity index (χ4n) is 3.67. The molecule has 0 aliphatic carbocycles. The summed E-state index contributed by atoms with van der Waals surface area (Å²) in [5.74, 6) is -0.159. The van der Waals surface area contributed by atoms with Gasteiger partial charge in [-0.05, 0) is 23.8 Å². The number of carbonyl (C=O) groups excluding carboxylic acids is 1. The van der Waals surface area contributed by atoms with Gasteiger partial charge in [0, 0.05) is 43.0 Å². The van der Waals surface area contributed by atoms with Crippen molar-refractivity contribution in [3.63, 3.8) is 0 Å². The van der Waals surface area contributed by atoms with Crippen molar-refractivity contribution in [3.05, 3.63) is 101 Å². The van der Waals surface area contributed by atoms with Gasteiger partial charge >= 0.3 is 0 Å². The van der Waals surface area contributed by atoms with Crippen LogP contribution in [0.25, 0.3) is 0 Å². The zero-order valence-electron chi connectivity index (χ0n) is 15.5. The van der Waals surface area contributed by atoms with E-state index in [1.165, 1.54) is 0 Å². The van der Waals surface area contributed by atoms with Gasteiger partial charge in [-0.3, -0.25) is 9.69 Å². The normalized spacial score (nSPS) is 18.5. The van der Waals surface area contributed by atoms with Crippen LogP contribution in [0.4, 0.5) is 5.69 Å². The summed E-state index contributed by atoms with van der Waals surface area (Å²) in [7, 11) is 3.94. The summed E-state index contributed by atoms with van der Waals surface area (Å²) in [4.78, 5) is 16.7. The average Bonchev–Trinajstić information content (AvgIpc) is 2.92. The lowest BCUT2D eigenvalue weighted by Gasteiger charge is -2.35. The maximum atomic E-state index is 13.1. The second kappa shape index (κ2) is 6.56. The van der Waals surface area contributed by atoms with Gasteiger partial charge in [0.05, 0.1) is 0 Å². The molecule has 1 unspecified atom stereocenters. The Bertz CT molecular complexity index is 967. The Hall–Kier alpha value is -3.11. The molecule has 27 heavy (non-hydrogen) atoms.